The van der Waals surface area contributed by atoms with Crippen molar-refractivity contribution in [1.82, 2.24) is 0 Å². The highest BCUT2D eigenvalue weighted by Crippen LogP contribution is 2.12. The first kappa shape index (κ1) is 13.8. The van der Waals surface area contributed by atoms with Gasteiger partial charge < -0.3 is 0 Å². The van der Waals surface area contributed by atoms with E-state index in [2.05, 4.69) is 10.0 Å². The predicted molar refractivity (Wildman–Crippen MR) is 67.6 cm³/mol. The standard InChI is InChI=1S/C10H12ClN3O2S/c11-10-4-2-9(3-5-10)8-17(15,16)7-1-6-13-14-12/h2-5H,1,6-8H2. The number of benzene rings is 1. The van der Waals surface area contributed by atoms with Crippen molar-refractivity contribution in [2.45, 2.75) is 12.2 Å². The van der Waals surface area contributed by atoms with Crippen LogP contribution in [0.15, 0.2) is 29.4 Å². The van der Waals surface area contributed by atoms with Crippen molar-refractivity contribution < 1.29 is 8.42 Å². The van der Waals surface area contributed by atoms with Gasteiger partial charge >= 0.3 is 0 Å². The van der Waals surface area contributed by atoms with Gasteiger partial charge in [0.1, 0.15) is 0 Å². The monoisotopic (exact) mass is 273 g/mol. The lowest BCUT2D eigenvalue weighted by Crippen LogP contribution is -2.10. The molecular weight excluding hydrogens is 262 g/mol. The van der Waals surface area contributed by atoms with Crippen LogP contribution < -0.4 is 0 Å². The Hall–Kier alpha value is -1.23. The smallest absolute Gasteiger partial charge is 0.154 e. The van der Waals surface area contributed by atoms with Gasteiger partial charge in [0, 0.05) is 16.5 Å². The normalized spacial score (nSPS) is 10.9. The number of azide groups is 1. The lowest BCUT2D eigenvalue weighted by molar-refractivity contribution is 0.593. The van der Waals surface area contributed by atoms with Gasteiger partial charge in [-0.1, -0.05) is 28.8 Å². The average Bonchev–Trinajstić information content (AvgIpc) is 2.27. The van der Waals surface area contributed by atoms with Gasteiger partial charge in [0.25, 0.3) is 0 Å². The minimum Gasteiger partial charge on any atom is -0.228 e. The summed E-state index contributed by atoms with van der Waals surface area (Å²) in [6, 6.07) is 6.69. The highest BCUT2D eigenvalue weighted by molar-refractivity contribution is 7.90. The maximum absolute atomic E-state index is 11.7. The van der Waals surface area contributed by atoms with Gasteiger partial charge in [0.05, 0.1) is 11.5 Å². The third kappa shape index (κ3) is 5.58. The molecule has 0 amide bonds. The largest absolute Gasteiger partial charge is 0.228 e. The Labute approximate surface area is 105 Å². The molecule has 0 N–H and O–H groups in total. The van der Waals surface area contributed by atoms with Gasteiger partial charge in [-0.05, 0) is 29.6 Å². The van der Waals surface area contributed by atoms with Crippen LogP contribution in [-0.4, -0.2) is 20.7 Å². The van der Waals surface area contributed by atoms with E-state index in [-0.39, 0.29) is 18.1 Å². The van der Waals surface area contributed by atoms with E-state index in [4.69, 9.17) is 17.1 Å². The molecule has 0 bridgehead atoms. The second-order valence-electron chi connectivity index (χ2n) is 3.53. The predicted octanol–water partition coefficient (Wildman–Crippen LogP) is 2.96. The molecule has 92 valence electrons. The van der Waals surface area contributed by atoms with Crippen LogP contribution in [0, 0.1) is 0 Å². The number of sulfone groups is 1. The van der Waals surface area contributed by atoms with Crippen molar-refractivity contribution in [3.63, 3.8) is 0 Å². The van der Waals surface area contributed by atoms with Crippen LogP contribution in [0.1, 0.15) is 12.0 Å². The van der Waals surface area contributed by atoms with Crippen molar-refractivity contribution in [2.75, 3.05) is 12.3 Å². The van der Waals surface area contributed by atoms with Crippen LogP contribution in [0.4, 0.5) is 0 Å². The quantitative estimate of drug-likeness (QED) is 0.345. The number of hydrogen-bond donors (Lipinski definition) is 0. The minimum absolute atomic E-state index is 0.0135. The summed E-state index contributed by atoms with van der Waals surface area (Å²) in [5, 5.41) is 3.87. The van der Waals surface area contributed by atoms with E-state index >= 15 is 0 Å². The molecule has 1 aromatic rings. The van der Waals surface area contributed by atoms with E-state index in [1.54, 1.807) is 24.3 Å². The first-order valence-electron chi connectivity index (χ1n) is 4.99. The first-order chi connectivity index (χ1) is 8.03. The molecule has 0 heterocycles. The summed E-state index contributed by atoms with van der Waals surface area (Å²) in [6.07, 6.45) is 0.347. The maximum atomic E-state index is 11.7. The molecule has 0 fully saturated rings. The minimum atomic E-state index is -3.15. The van der Waals surface area contributed by atoms with E-state index in [9.17, 15) is 8.42 Å². The van der Waals surface area contributed by atoms with Crippen molar-refractivity contribution in [3.8, 4) is 0 Å². The summed E-state index contributed by atoms with van der Waals surface area (Å²) in [6.45, 7) is 0.205. The molecule has 0 atom stereocenters. The second kappa shape index (κ2) is 6.49. The van der Waals surface area contributed by atoms with Crippen LogP contribution in [0.25, 0.3) is 10.4 Å². The Kier molecular flexibility index (Phi) is 5.28. The van der Waals surface area contributed by atoms with Crippen molar-refractivity contribution in [3.05, 3.63) is 45.3 Å². The van der Waals surface area contributed by atoms with E-state index in [0.717, 1.165) is 0 Å². The van der Waals surface area contributed by atoms with Crippen molar-refractivity contribution >= 4 is 21.4 Å². The Morgan fingerprint density at radius 3 is 2.53 bits per heavy atom. The molecule has 7 heteroatoms. The second-order valence-corrected chi connectivity index (χ2v) is 6.15. The summed E-state index contributed by atoms with van der Waals surface area (Å²) >= 11 is 5.71. The first-order valence-corrected chi connectivity index (χ1v) is 7.19. The SMILES string of the molecule is [N-]=[N+]=NCCCS(=O)(=O)Cc1ccc(Cl)cc1. The van der Waals surface area contributed by atoms with E-state index < -0.39 is 9.84 Å². The highest BCUT2D eigenvalue weighted by atomic mass is 35.5. The molecule has 0 radical (unpaired) electrons. The lowest BCUT2D eigenvalue weighted by atomic mass is 10.2. The lowest BCUT2D eigenvalue weighted by Gasteiger charge is -2.03. The van der Waals surface area contributed by atoms with Crippen molar-refractivity contribution in [1.29, 1.82) is 0 Å². The summed E-state index contributed by atoms with van der Waals surface area (Å²) in [5.74, 6) is 0.00901. The summed E-state index contributed by atoms with van der Waals surface area (Å²) in [7, 11) is -3.15. The van der Waals surface area contributed by atoms with Gasteiger partial charge in [-0.3, -0.25) is 0 Å². The Balaban J connectivity index is 2.54. The fourth-order valence-electron chi connectivity index (χ4n) is 1.31. The number of halogens is 1. The highest BCUT2D eigenvalue weighted by Gasteiger charge is 2.11. The summed E-state index contributed by atoms with van der Waals surface area (Å²) in [5.41, 5.74) is 8.76. The number of nitrogens with zero attached hydrogens (tertiary/aromatic N) is 3. The van der Waals surface area contributed by atoms with Gasteiger partial charge in [-0.15, -0.1) is 0 Å². The Morgan fingerprint density at radius 1 is 1.29 bits per heavy atom. The topological polar surface area (TPSA) is 82.9 Å². The summed E-state index contributed by atoms with van der Waals surface area (Å²) in [4.78, 5) is 2.56. The molecule has 0 aliphatic carbocycles. The molecule has 0 aromatic heterocycles. The van der Waals surface area contributed by atoms with Gasteiger partial charge in [-0.2, -0.15) is 0 Å². The fourth-order valence-corrected chi connectivity index (χ4v) is 2.85. The Morgan fingerprint density at radius 2 is 1.94 bits per heavy atom. The van der Waals surface area contributed by atoms with Gasteiger partial charge in [0.15, 0.2) is 9.84 Å². The van der Waals surface area contributed by atoms with Crippen LogP contribution in [0.5, 0.6) is 0 Å². The summed E-state index contributed by atoms with van der Waals surface area (Å²) < 4.78 is 23.4. The molecular formula is C10H12ClN3O2S. The third-order valence-electron chi connectivity index (χ3n) is 2.08. The zero-order valence-corrected chi connectivity index (χ0v) is 10.7. The number of rotatable bonds is 6. The third-order valence-corrected chi connectivity index (χ3v) is 4.01. The molecule has 1 rings (SSSR count). The maximum Gasteiger partial charge on any atom is 0.154 e. The molecule has 0 saturated carbocycles. The average molecular weight is 274 g/mol. The molecule has 5 nitrogen and oxygen atoms in total. The van der Waals surface area contributed by atoms with Crippen LogP contribution in [0.3, 0.4) is 0 Å². The van der Waals surface area contributed by atoms with E-state index in [1.165, 1.54) is 0 Å². The van der Waals surface area contributed by atoms with E-state index in [1.807, 2.05) is 0 Å². The van der Waals surface area contributed by atoms with E-state index in [0.29, 0.717) is 17.0 Å². The van der Waals surface area contributed by atoms with Crippen LogP contribution in [0.2, 0.25) is 5.02 Å². The molecule has 17 heavy (non-hydrogen) atoms. The number of hydrogen-bond acceptors (Lipinski definition) is 3. The van der Waals surface area contributed by atoms with Crippen LogP contribution in [-0.2, 0) is 15.6 Å². The molecule has 0 unspecified atom stereocenters. The van der Waals surface area contributed by atoms with Crippen molar-refractivity contribution in [2.24, 2.45) is 5.11 Å². The van der Waals surface area contributed by atoms with Gasteiger partial charge in [-0.25, -0.2) is 8.42 Å². The Bertz CT molecular complexity index is 507. The molecule has 0 aliphatic rings. The fraction of sp³-hybridized carbons (Fsp3) is 0.400. The molecule has 0 saturated heterocycles. The molecule has 0 aliphatic heterocycles. The zero-order chi connectivity index (χ0) is 12.7. The molecule has 1 aromatic carbocycles. The molecule has 0 spiro atoms. The van der Waals surface area contributed by atoms with Gasteiger partial charge in [0.2, 0.25) is 0 Å². The van der Waals surface area contributed by atoms with Crippen LogP contribution >= 0.6 is 11.6 Å². The zero-order valence-electron chi connectivity index (χ0n) is 9.08.